The summed E-state index contributed by atoms with van der Waals surface area (Å²) in [5, 5.41) is 9.00. The summed E-state index contributed by atoms with van der Waals surface area (Å²) >= 11 is 0. The monoisotopic (exact) mass is 442 g/mol. The molecule has 0 radical (unpaired) electrons. The molecule has 0 aliphatic carbocycles. The first kappa shape index (κ1) is 21.2. The number of ether oxygens (including phenoxy) is 2. The molecule has 0 spiro atoms. The van der Waals surface area contributed by atoms with Crippen LogP contribution in [0.3, 0.4) is 0 Å². The van der Waals surface area contributed by atoms with Gasteiger partial charge in [0.1, 0.15) is 12.1 Å². The Hall–Kier alpha value is -3.71. The highest BCUT2D eigenvalue weighted by Crippen LogP contribution is 2.29. The van der Waals surface area contributed by atoms with Gasteiger partial charge in [-0.2, -0.15) is 4.68 Å². The lowest BCUT2D eigenvalue weighted by atomic mass is 10.0. The van der Waals surface area contributed by atoms with Crippen LogP contribution in [0.5, 0.6) is 11.5 Å². The molecule has 5 rings (SSSR count). The minimum absolute atomic E-state index is 0.232. The molecule has 33 heavy (non-hydrogen) atoms. The first-order valence-corrected chi connectivity index (χ1v) is 11.2. The summed E-state index contributed by atoms with van der Waals surface area (Å²) in [5.41, 5.74) is 2.96. The first-order valence-electron chi connectivity index (χ1n) is 11.2. The lowest BCUT2D eigenvalue weighted by Gasteiger charge is -2.16. The zero-order chi connectivity index (χ0) is 22.6. The Balaban J connectivity index is 1.40. The van der Waals surface area contributed by atoms with E-state index in [0.717, 1.165) is 30.8 Å². The number of rotatable bonds is 7. The normalized spacial score (nSPS) is 14.0. The number of likely N-dealkylation sites (tertiary alicyclic amines) is 1. The molecule has 1 fully saturated rings. The van der Waals surface area contributed by atoms with Gasteiger partial charge in [0, 0.05) is 12.6 Å². The highest BCUT2D eigenvalue weighted by atomic mass is 16.5. The van der Waals surface area contributed by atoms with Crippen molar-refractivity contribution in [3.05, 3.63) is 77.1 Å². The van der Waals surface area contributed by atoms with E-state index in [1.807, 2.05) is 48.5 Å². The number of nitrogens with zero attached hydrogens (tertiary/aromatic N) is 4. The van der Waals surface area contributed by atoms with Gasteiger partial charge in [0.05, 0.1) is 18.2 Å². The van der Waals surface area contributed by atoms with E-state index in [4.69, 9.17) is 9.47 Å². The summed E-state index contributed by atoms with van der Waals surface area (Å²) in [5.74, 6) is 1.21. The number of methoxy groups -OCH3 is 1. The van der Waals surface area contributed by atoms with Gasteiger partial charge in [0.15, 0.2) is 11.5 Å². The maximum Gasteiger partial charge on any atom is 0.282 e. The van der Waals surface area contributed by atoms with Crippen molar-refractivity contribution in [3.8, 4) is 28.3 Å². The fraction of sp³-hybridized carbons (Fsp3) is 0.269. The molecule has 1 aliphatic rings. The smallest absolute Gasteiger partial charge is 0.282 e. The molecule has 7 heteroatoms. The minimum Gasteiger partial charge on any atom is -0.493 e. The fourth-order valence-corrected chi connectivity index (χ4v) is 4.22. The molecular formula is C26H26N4O3. The van der Waals surface area contributed by atoms with Crippen LogP contribution in [0.15, 0.2) is 71.5 Å². The second-order valence-electron chi connectivity index (χ2n) is 8.14. The summed E-state index contributed by atoms with van der Waals surface area (Å²) in [6.07, 6.45) is 2.51. The van der Waals surface area contributed by atoms with E-state index in [2.05, 4.69) is 15.2 Å². The Kier molecular flexibility index (Phi) is 6.04. The molecule has 168 valence electrons. The Morgan fingerprint density at radius 2 is 1.73 bits per heavy atom. The SMILES string of the molecule is COc1cc(-n2nnc3cc(-c4ccccc4)ccc3c2=O)ccc1OCCN1CCCC1. The van der Waals surface area contributed by atoms with Gasteiger partial charge in [-0.05, 0) is 61.3 Å². The maximum atomic E-state index is 13.2. The summed E-state index contributed by atoms with van der Waals surface area (Å²) in [4.78, 5) is 15.6. The van der Waals surface area contributed by atoms with Gasteiger partial charge in [-0.15, -0.1) is 5.10 Å². The predicted octanol–water partition coefficient (Wildman–Crippen LogP) is 3.93. The zero-order valence-electron chi connectivity index (χ0n) is 18.6. The molecule has 3 aromatic carbocycles. The van der Waals surface area contributed by atoms with Crippen LogP contribution in [0.25, 0.3) is 27.7 Å². The quantitative estimate of drug-likeness (QED) is 0.432. The van der Waals surface area contributed by atoms with Crippen LogP contribution in [0.4, 0.5) is 0 Å². The third-order valence-corrected chi connectivity index (χ3v) is 6.03. The van der Waals surface area contributed by atoms with Crippen LogP contribution < -0.4 is 15.0 Å². The molecule has 0 saturated carbocycles. The van der Waals surface area contributed by atoms with Crippen molar-refractivity contribution in [2.45, 2.75) is 12.8 Å². The first-order chi connectivity index (χ1) is 16.2. The molecule has 2 heterocycles. The highest BCUT2D eigenvalue weighted by molar-refractivity contribution is 5.83. The van der Waals surface area contributed by atoms with Crippen LogP contribution in [0.1, 0.15) is 12.8 Å². The summed E-state index contributed by atoms with van der Waals surface area (Å²) in [6.45, 7) is 3.76. The largest absolute Gasteiger partial charge is 0.493 e. The van der Waals surface area contributed by atoms with E-state index in [1.54, 1.807) is 25.3 Å². The van der Waals surface area contributed by atoms with Crippen molar-refractivity contribution >= 4 is 10.9 Å². The molecule has 0 atom stereocenters. The molecule has 4 aromatic rings. The lowest BCUT2D eigenvalue weighted by molar-refractivity contribution is 0.230. The van der Waals surface area contributed by atoms with Crippen molar-refractivity contribution in [2.24, 2.45) is 0 Å². The lowest BCUT2D eigenvalue weighted by Crippen LogP contribution is -2.25. The molecule has 1 aromatic heterocycles. The van der Waals surface area contributed by atoms with Crippen LogP contribution in [-0.4, -0.2) is 53.2 Å². The average Bonchev–Trinajstić information content (AvgIpc) is 3.38. The van der Waals surface area contributed by atoms with E-state index in [0.29, 0.717) is 34.7 Å². The van der Waals surface area contributed by atoms with Crippen LogP contribution in [0, 0.1) is 0 Å². The number of benzene rings is 3. The Bertz CT molecular complexity index is 1310. The van der Waals surface area contributed by atoms with E-state index in [9.17, 15) is 4.79 Å². The maximum absolute atomic E-state index is 13.2. The predicted molar refractivity (Wildman–Crippen MR) is 128 cm³/mol. The molecular weight excluding hydrogens is 416 g/mol. The number of fused-ring (bicyclic) bond motifs is 1. The van der Waals surface area contributed by atoms with Crippen LogP contribution in [0.2, 0.25) is 0 Å². The van der Waals surface area contributed by atoms with Crippen LogP contribution in [-0.2, 0) is 0 Å². The van der Waals surface area contributed by atoms with Crippen molar-refractivity contribution < 1.29 is 9.47 Å². The molecule has 7 nitrogen and oxygen atoms in total. The Morgan fingerprint density at radius 3 is 2.52 bits per heavy atom. The molecule has 0 amide bonds. The third-order valence-electron chi connectivity index (χ3n) is 6.03. The minimum atomic E-state index is -0.232. The van der Waals surface area contributed by atoms with Gasteiger partial charge < -0.3 is 9.47 Å². The van der Waals surface area contributed by atoms with Crippen molar-refractivity contribution in [3.63, 3.8) is 0 Å². The number of aromatic nitrogens is 3. The zero-order valence-corrected chi connectivity index (χ0v) is 18.6. The topological polar surface area (TPSA) is 69.5 Å². The highest BCUT2D eigenvalue weighted by Gasteiger charge is 2.14. The van der Waals surface area contributed by atoms with Gasteiger partial charge in [0.2, 0.25) is 0 Å². The average molecular weight is 443 g/mol. The molecule has 1 aliphatic heterocycles. The number of hydrogen-bond donors (Lipinski definition) is 0. The van der Waals surface area contributed by atoms with Gasteiger partial charge in [-0.1, -0.05) is 41.6 Å². The second kappa shape index (κ2) is 9.42. The second-order valence-corrected chi connectivity index (χ2v) is 8.14. The van der Waals surface area contributed by atoms with Crippen LogP contribution >= 0.6 is 0 Å². The standard InChI is InChI=1S/C26H26N4O3/c1-32-25-18-21(10-12-24(25)33-16-15-29-13-5-6-14-29)30-26(31)22-11-9-20(17-23(22)27-28-30)19-7-3-2-4-8-19/h2-4,7-12,17-18H,5-6,13-16H2,1H3. The number of hydrogen-bond acceptors (Lipinski definition) is 6. The van der Waals surface area contributed by atoms with Crippen molar-refractivity contribution in [2.75, 3.05) is 33.4 Å². The molecule has 0 unspecified atom stereocenters. The van der Waals surface area contributed by atoms with E-state index >= 15 is 0 Å². The van der Waals surface area contributed by atoms with Gasteiger partial charge in [-0.3, -0.25) is 9.69 Å². The summed E-state index contributed by atoms with van der Waals surface area (Å²) < 4.78 is 12.8. The van der Waals surface area contributed by atoms with Crippen molar-refractivity contribution in [1.82, 2.24) is 19.9 Å². The fourth-order valence-electron chi connectivity index (χ4n) is 4.22. The Labute approximate surface area is 192 Å². The Morgan fingerprint density at radius 1 is 0.909 bits per heavy atom. The molecule has 0 N–H and O–H groups in total. The van der Waals surface area contributed by atoms with E-state index in [1.165, 1.54) is 17.5 Å². The summed E-state index contributed by atoms with van der Waals surface area (Å²) in [7, 11) is 1.59. The van der Waals surface area contributed by atoms with Gasteiger partial charge in [0.25, 0.3) is 5.56 Å². The van der Waals surface area contributed by atoms with E-state index < -0.39 is 0 Å². The van der Waals surface area contributed by atoms with Crippen molar-refractivity contribution in [1.29, 1.82) is 0 Å². The molecule has 1 saturated heterocycles. The summed E-state index contributed by atoms with van der Waals surface area (Å²) in [6, 6.07) is 21.0. The molecule has 0 bridgehead atoms. The van der Waals surface area contributed by atoms with Gasteiger partial charge >= 0.3 is 0 Å². The van der Waals surface area contributed by atoms with Gasteiger partial charge in [-0.25, -0.2) is 0 Å². The third kappa shape index (κ3) is 4.45. The van der Waals surface area contributed by atoms with E-state index in [-0.39, 0.29) is 5.56 Å².